The van der Waals surface area contributed by atoms with Crippen molar-refractivity contribution >= 4 is 5.91 Å². The molecule has 102 valence electrons. The highest BCUT2D eigenvalue weighted by atomic mass is 19.1. The molecule has 1 N–H and O–H groups in total. The van der Waals surface area contributed by atoms with Crippen molar-refractivity contribution in [3.05, 3.63) is 70.5 Å². The summed E-state index contributed by atoms with van der Waals surface area (Å²) in [7, 11) is 0. The zero-order chi connectivity index (χ0) is 14.1. The van der Waals surface area contributed by atoms with Crippen LogP contribution in [-0.2, 0) is 6.42 Å². The molecule has 2 nitrogen and oxygen atoms in total. The number of nitrogens with one attached hydrogen (secondary N) is 1. The Balaban J connectivity index is 1.64. The normalized spacial score (nSPS) is 16.2. The van der Waals surface area contributed by atoms with Crippen LogP contribution in [0.2, 0.25) is 0 Å². The van der Waals surface area contributed by atoms with Crippen LogP contribution in [0.15, 0.2) is 42.5 Å². The Labute approximate surface area is 117 Å². The molecule has 1 unspecified atom stereocenters. The van der Waals surface area contributed by atoms with Crippen molar-refractivity contribution in [3.63, 3.8) is 0 Å². The van der Waals surface area contributed by atoms with E-state index in [0.717, 1.165) is 12.0 Å². The van der Waals surface area contributed by atoms with E-state index in [-0.39, 0.29) is 11.5 Å². The highest BCUT2D eigenvalue weighted by Gasteiger charge is 2.25. The van der Waals surface area contributed by atoms with E-state index in [0.29, 0.717) is 12.5 Å². The van der Waals surface area contributed by atoms with Crippen molar-refractivity contribution in [1.82, 2.24) is 5.32 Å². The van der Waals surface area contributed by atoms with Gasteiger partial charge in [0.2, 0.25) is 0 Å². The van der Waals surface area contributed by atoms with Crippen molar-refractivity contribution in [2.24, 2.45) is 0 Å². The second kappa shape index (κ2) is 5.08. The van der Waals surface area contributed by atoms with E-state index in [1.54, 1.807) is 13.0 Å². The largest absolute Gasteiger partial charge is 0.351 e. The Morgan fingerprint density at radius 3 is 2.85 bits per heavy atom. The maximum absolute atomic E-state index is 13.7. The Morgan fingerprint density at radius 1 is 1.30 bits per heavy atom. The molecule has 1 atom stereocenters. The van der Waals surface area contributed by atoms with Crippen molar-refractivity contribution in [1.29, 1.82) is 0 Å². The number of halogens is 1. The van der Waals surface area contributed by atoms with Crippen LogP contribution < -0.4 is 5.32 Å². The lowest BCUT2D eigenvalue weighted by Crippen LogP contribution is -2.33. The van der Waals surface area contributed by atoms with E-state index in [2.05, 4.69) is 17.4 Å². The summed E-state index contributed by atoms with van der Waals surface area (Å²) in [6.07, 6.45) is 0.979. The predicted octanol–water partition coefficient (Wildman–Crippen LogP) is 3.20. The molecule has 0 saturated heterocycles. The third kappa shape index (κ3) is 2.31. The molecule has 2 aromatic carbocycles. The Hall–Kier alpha value is -2.16. The number of amides is 1. The van der Waals surface area contributed by atoms with Gasteiger partial charge in [0.1, 0.15) is 5.82 Å². The number of rotatable bonds is 3. The third-order valence-corrected chi connectivity index (χ3v) is 3.84. The summed E-state index contributed by atoms with van der Waals surface area (Å²) in [5.41, 5.74) is 3.56. The second-order valence-electron chi connectivity index (χ2n) is 5.29. The summed E-state index contributed by atoms with van der Waals surface area (Å²) in [4.78, 5) is 12.0. The molecule has 2 aromatic rings. The van der Waals surface area contributed by atoms with Crippen LogP contribution in [-0.4, -0.2) is 12.5 Å². The molecule has 0 aromatic heterocycles. The molecule has 0 saturated carbocycles. The molecule has 20 heavy (non-hydrogen) atoms. The summed E-state index contributed by atoms with van der Waals surface area (Å²) < 4.78 is 13.7. The Bertz CT molecular complexity index is 666. The lowest BCUT2D eigenvalue weighted by Gasteiger charge is -2.30. The van der Waals surface area contributed by atoms with Crippen LogP contribution in [0.25, 0.3) is 0 Å². The lowest BCUT2D eigenvalue weighted by atomic mass is 9.77. The Morgan fingerprint density at radius 2 is 2.10 bits per heavy atom. The number of hydrogen-bond acceptors (Lipinski definition) is 1. The third-order valence-electron chi connectivity index (χ3n) is 3.84. The summed E-state index contributed by atoms with van der Waals surface area (Å²) in [6, 6.07) is 12.9. The van der Waals surface area contributed by atoms with Gasteiger partial charge in [-0.05, 0) is 42.2 Å². The molecule has 3 heteroatoms. The van der Waals surface area contributed by atoms with E-state index < -0.39 is 5.82 Å². The van der Waals surface area contributed by atoms with Crippen molar-refractivity contribution in [2.45, 2.75) is 19.3 Å². The van der Waals surface area contributed by atoms with Gasteiger partial charge in [-0.25, -0.2) is 4.39 Å². The molecule has 0 radical (unpaired) electrons. The van der Waals surface area contributed by atoms with Gasteiger partial charge in [-0.2, -0.15) is 0 Å². The Kier molecular flexibility index (Phi) is 3.26. The van der Waals surface area contributed by atoms with E-state index in [1.165, 1.54) is 23.3 Å². The molecule has 0 spiro atoms. The lowest BCUT2D eigenvalue weighted by molar-refractivity contribution is 0.0946. The number of fused-ring (bicyclic) bond motifs is 1. The molecular weight excluding hydrogens is 253 g/mol. The molecule has 1 aliphatic carbocycles. The van der Waals surface area contributed by atoms with Gasteiger partial charge < -0.3 is 5.32 Å². The summed E-state index contributed by atoms with van der Waals surface area (Å²) in [5.74, 6) is -0.452. The first kappa shape index (κ1) is 12.9. The van der Waals surface area contributed by atoms with E-state index in [1.807, 2.05) is 12.1 Å². The number of aryl methyl sites for hydroxylation is 1. The van der Waals surface area contributed by atoms with Gasteiger partial charge in [0, 0.05) is 12.5 Å². The average Bonchev–Trinajstić information content (AvgIpc) is 2.39. The number of carbonyl (C=O) groups excluding carboxylic acids is 1. The van der Waals surface area contributed by atoms with Crippen molar-refractivity contribution in [2.75, 3.05) is 6.54 Å². The zero-order valence-electron chi connectivity index (χ0n) is 11.3. The van der Waals surface area contributed by atoms with Gasteiger partial charge in [-0.1, -0.05) is 30.3 Å². The van der Waals surface area contributed by atoms with E-state index in [4.69, 9.17) is 0 Å². The number of hydrogen-bond donors (Lipinski definition) is 1. The smallest absolute Gasteiger partial charge is 0.254 e. The summed E-state index contributed by atoms with van der Waals surface area (Å²) in [6.45, 7) is 2.36. The van der Waals surface area contributed by atoms with Crippen LogP contribution in [0.4, 0.5) is 4.39 Å². The van der Waals surface area contributed by atoms with Crippen LogP contribution in [0.3, 0.4) is 0 Å². The van der Waals surface area contributed by atoms with Crippen LogP contribution >= 0.6 is 0 Å². The van der Waals surface area contributed by atoms with Gasteiger partial charge in [-0.15, -0.1) is 0 Å². The molecule has 0 fully saturated rings. The molecule has 1 aliphatic rings. The van der Waals surface area contributed by atoms with Crippen LogP contribution in [0.5, 0.6) is 0 Å². The maximum Gasteiger partial charge on any atom is 0.254 e. The molecule has 1 amide bonds. The SMILES string of the molecule is Cc1ccc(C(=O)NCC2Cc3ccccc32)c(F)c1. The fourth-order valence-corrected chi connectivity index (χ4v) is 2.66. The van der Waals surface area contributed by atoms with E-state index >= 15 is 0 Å². The monoisotopic (exact) mass is 269 g/mol. The fourth-order valence-electron chi connectivity index (χ4n) is 2.66. The van der Waals surface area contributed by atoms with Crippen LogP contribution in [0.1, 0.15) is 33.0 Å². The van der Waals surface area contributed by atoms with Crippen molar-refractivity contribution in [3.8, 4) is 0 Å². The molecule has 3 rings (SSSR count). The first-order valence-corrected chi connectivity index (χ1v) is 6.77. The molecule has 0 heterocycles. The second-order valence-corrected chi connectivity index (χ2v) is 5.29. The average molecular weight is 269 g/mol. The van der Waals surface area contributed by atoms with Gasteiger partial charge in [0.25, 0.3) is 5.91 Å². The quantitative estimate of drug-likeness (QED) is 0.911. The fraction of sp³-hybridized carbons (Fsp3) is 0.235. The maximum atomic E-state index is 13.7. The van der Waals surface area contributed by atoms with Gasteiger partial charge in [-0.3, -0.25) is 4.79 Å². The predicted molar refractivity (Wildman–Crippen MR) is 76.4 cm³/mol. The van der Waals surface area contributed by atoms with Gasteiger partial charge in [0.05, 0.1) is 5.56 Å². The molecule has 0 bridgehead atoms. The number of benzene rings is 2. The molecular formula is C17H16FNO. The summed E-state index contributed by atoms with van der Waals surface area (Å²) >= 11 is 0. The van der Waals surface area contributed by atoms with Gasteiger partial charge in [0.15, 0.2) is 0 Å². The minimum atomic E-state index is -0.462. The highest BCUT2D eigenvalue weighted by Crippen LogP contribution is 2.34. The van der Waals surface area contributed by atoms with Crippen molar-refractivity contribution < 1.29 is 9.18 Å². The minimum Gasteiger partial charge on any atom is -0.351 e. The standard InChI is InChI=1S/C17H16FNO/c1-11-6-7-15(16(18)8-11)17(20)19-10-13-9-12-4-2-3-5-14(12)13/h2-8,13H,9-10H2,1H3,(H,19,20). The highest BCUT2D eigenvalue weighted by molar-refractivity contribution is 5.94. The van der Waals surface area contributed by atoms with Gasteiger partial charge >= 0.3 is 0 Å². The minimum absolute atomic E-state index is 0.114. The first-order valence-electron chi connectivity index (χ1n) is 6.77. The summed E-state index contributed by atoms with van der Waals surface area (Å²) in [5, 5.41) is 2.82. The van der Waals surface area contributed by atoms with E-state index in [9.17, 15) is 9.18 Å². The zero-order valence-corrected chi connectivity index (χ0v) is 11.3. The number of carbonyl (C=O) groups is 1. The topological polar surface area (TPSA) is 29.1 Å². The first-order chi connectivity index (χ1) is 9.65. The molecule has 0 aliphatic heterocycles. The van der Waals surface area contributed by atoms with Crippen LogP contribution in [0, 0.1) is 12.7 Å².